The Labute approximate surface area is 180 Å². The zero-order valence-corrected chi connectivity index (χ0v) is 18.5. The van der Waals surface area contributed by atoms with Gasteiger partial charge in [0, 0.05) is 18.4 Å². The molecule has 0 aromatic heterocycles. The van der Waals surface area contributed by atoms with Crippen molar-refractivity contribution in [1.82, 2.24) is 0 Å². The summed E-state index contributed by atoms with van der Waals surface area (Å²) in [6, 6.07) is 5.26. The standard InChI is InChI=1S/C24H37NO5/c1-3-4-5-6-7-8-9-10-11-13-21(20-18-19(2)16-17-22(20)26)25-30-24(29)15-12-14-23(27)28/h16-18,26H,3-15H2,1-2H3,(H,27,28). The van der Waals surface area contributed by atoms with E-state index in [0.29, 0.717) is 17.7 Å². The maximum atomic E-state index is 11.9. The van der Waals surface area contributed by atoms with Gasteiger partial charge in [0.2, 0.25) is 0 Å². The molecule has 0 amide bonds. The molecule has 6 nitrogen and oxygen atoms in total. The zero-order valence-electron chi connectivity index (χ0n) is 18.5. The quantitative estimate of drug-likeness (QED) is 0.145. The van der Waals surface area contributed by atoms with Gasteiger partial charge in [0.1, 0.15) is 5.75 Å². The minimum absolute atomic E-state index is 0.000904. The highest BCUT2D eigenvalue weighted by Gasteiger charge is 2.12. The topological polar surface area (TPSA) is 96.2 Å². The van der Waals surface area contributed by atoms with Crippen LogP contribution in [0.5, 0.6) is 5.75 Å². The van der Waals surface area contributed by atoms with E-state index >= 15 is 0 Å². The number of phenolic OH excluding ortho intramolecular Hbond substituents is 1. The number of aliphatic carboxylic acids is 1. The molecule has 0 aliphatic carbocycles. The van der Waals surface area contributed by atoms with Gasteiger partial charge in [-0.05, 0) is 38.3 Å². The summed E-state index contributed by atoms with van der Waals surface area (Å²) in [5.41, 5.74) is 2.11. The van der Waals surface area contributed by atoms with E-state index in [1.165, 1.54) is 38.5 Å². The van der Waals surface area contributed by atoms with Crippen molar-refractivity contribution in [2.75, 3.05) is 0 Å². The minimum atomic E-state index is -0.943. The van der Waals surface area contributed by atoms with Crippen LogP contribution in [-0.2, 0) is 14.4 Å². The maximum absolute atomic E-state index is 11.9. The number of hydrogen-bond donors (Lipinski definition) is 2. The Morgan fingerprint density at radius 1 is 0.900 bits per heavy atom. The second-order valence-electron chi connectivity index (χ2n) is 7.85. The molecule has 0 bridgehead atoms. The maximum Gasteiger partial charge on any atom is 0.335 e. The molecule has 0 aliphatic rings. The van der Waals surface area contributed by atoms with Crippen LogP contribution in [0.15, 0.2) is 23.4 Å². The van der Waals surface area contributed by atoms with E-state index in [2.05, 4.69) is 12.1 Å². The third kappa shape index (κ3) is 11.6. The molecule has 0 aliphatic heterocycles. The largest absolute Gasteiger partial charge is 0.507 e. The Morgan fingerprint density at radius 2 is 1.53 bits per heavy atom. The summed E-state index contributed by atoms with van der Waals surface area (Å²) in [6.07, 6.45) is 11.6. The number of aromatic hydroxyl groups is 1. The smallest absolute Gasteiger partial charge is 0.335 e. The Hall–Kier alpha value is -2.37. The fraction of sp³-hybridized carbons (Fsp3) is 0.625. The van der Waals surface area contributed by atoms with Crippen LogP contribution >= 0.6 is 0 Å². The predicted molar refractivity (Wildman–Crippen MR) is 119 cm³/mol. The molecule has 0 radical (unpaired) electrons. The first kappa shape index (κ1) is 25.7. The fourth-order valence-electron chi connectivity index (χ4n) is 3.25. The van der Waals surface area contributed by atoms with Crippen LogP contribution in [0.3, 0.4) is 0 Å². The van der Waals surface area contributed by atoms with Crippen LogP contribution in [-0.4, -0.2) is 27.9 Å². The van der Waals surface area contributed by atoms with E-state index in [4.69, 9.17) is 9.94 Å². The van der Waals surface area contributed by atoms with E-state index in [-0.39, 0.29) is 25.0 Å². The molecule has 1 aromatic rings. The van der Waals surface area contributed by atoms with Gasteiger partial charge in [-0.3, -0.25) is 4.79 Å². The van der Waals surface area contributed by atoms with Crippen LogP contribution in [0.1, 0.15) is 102 Å². The second-order valence-corrected chi connectivity index (χ2v) is 7.85. The predicted octanol–water partition coefficient (Wildman–Crippen LogP) is 6.12. The zero-order chi connectivity index (χ0) is 22.2. The highest BCUT2D eigenvalue weighted by Crippen LogP contribution is 2.22. The van der Waals surface area contributed by atoms with E-state index in [9.17, 15) is 14.7 Å². The summed E-state index contributed by atoms with van der Waals surface area (Å²) in [5, 5.41) is 22.9. The van der Waals surface area contributed by atoms with Gasteiger partial charge in [-0.2, -0.15) is 0 Å². The Balaban J connectivity index is 2.56. The van der Waals surface area contributed by atoms with Crippen LogP contribution in [0, 0.1) is 6.92 Å². The van der Waals surface area contributed by atoms with E-state index in [1.54, 1.807) is 6.07 Å². The number of aryl methyl sites for hydroxylation is 1. The van der Waals surface area contributed by atoms with Gasteiger partial charge in [-0.1, -0.05) is 75.1 Å². The Morgan fingerprint density at radius 3 is 2.17 bits per heavy atom. The molecule has 0 heterocycles. The van der Waals surface area contributed by atoms with Crippen molar-refractivity contribution >= 4 is 17.7 Å². The molecule has 6 heteroatoms. The molecule has 0 saturated heterocycles. The van der Waals surface area contributed by atoms with Gasteiger partial charge >= 0.3 is 11.9 Å². The van der Waals surface area contributed by atoms with E-state index in [1.807, 2.05) is 19.1 Å². The summed E-state index contributed by atoms with van der Waals surface area (Å²) < 4.78 is 0. The number of carboxylic acid groups (broad SMARTS) is 1. The van der Waals surface area contributed by atoms with Crippen molar-refractivity contribution in [2.24, 2.45) is 5.16 Å². The first-order chi connectivity index (χ1) is 14.4. The van der Waals surface area contributed by atoms with Crippen molar-refractivity contribution in [3.05, 3.63) is 29.3 Å². The van der Waals surface area contributed by atoms with Crippen molar-refractivity contribution < 1.29 is 24.6 Å². The molecule has 2 N–H and O–H groups in total. The average Bonchev–Trinajstić information content (AvgIpc) is 2.70. The molecule has 0 unspecified atom stereocenters. The molecular weight excluding hydrogens is 382 g/mol. The van der Waals surface area contributed by atoms with Crippen molar-refractivity contribution in [3.8, 4) is 5.75 Å². The van der Waals surface area contributed by atoms with Crippen LogP contribution in [0.4, 0.5) is 0 Å². The average molecular weight is 420 g/mol. The minimum Gasteiger partial charge on any atom is -0.507 e. The second kappa shape index (κ2) is 15.5. The number of unbranched alkanes of at least 4 members (excludes halogenated alkanes) is 8. The van der Waals surface area contributed by atoms with E-state index < -0.39 is 11.9 Å². The number of phenols is 1. The molecule has 0 spiro atoms. The lowest BCUT2D eigenvalue weighted by Gasteiger charge is -2.10. The SMILES string of the molecule is CCCCCCCCCCCC(=NOC(=O)CCCC(=O)O)c1cc(C)ccc1O. The van der Waals surface area contributed by atoms with Gasteiger partial charge < -0.3 is 15.1 Å². The van der Waals surface area contributed by atoms with Gasteiger partial charge in [-0.25, -0.2) is 4.79 Å². The highest BCUT2D eigenvalue weighted by molar-refractivity contribution is 6.02. The summed E-state index contributed by atoms with van der Waals surface area (Å²) in [6.45, 7) is 4.15. The molecule has 1 rings (SSSR count). The number of nitrogens with zero attached hydrogens (tertiary/aromatic N) is 1. The third-order valence-electron chi connectivity index (χ3n) is 5.01. The van der Waals surface area contributed by atoms with Gasteiger partial charge in [0.05, 0.1) is 5.71 Å². The van der Waals surface area contributed by atoms with Crippen LogP contribution in [0.2, 0.25) is 0 Å². The monoisotopic (exact) mass is 419 g/mol. The van der Waals surface area contributed by atoms with Gasteiger partial charge in [0.25, 0.3) is 0 Å². The first-order valence-electron chi connectivity index (χ1n) is 11.2. The molecule has 0 fully saturated rings. The summed E-state index contributed by atoms with van der Waals surface area (Å²) >= 11 is 0. The van der Waals surface area contributed by atoms with Crippen molar-refractivity contribution in [2.45, 2.75) is 97.3 Å². The molecular formula is C24H37NO5. The fourth-order valence-corrected chi connectivity index (χ4v) is 3.25. The third-order valence-corrected chi connectivity index (χ3v) is 5.01. The van der Waals surface area contributed by atoms with Gasteiger partial charge in [-0.15, -0.1) is 0 Å². The van der Waals surface area contributed by atoms with E-state index in [0.717, 1.165) is 24.8 Å². The molecule has 1 aromatic carbocycles. The number of hydrogen-bond acceptors (Lipinski definition) is 5. The molecule has 168 valence electrons. The number of carboxylic acids is 1. The Kier molecular flexibility index (Phi) is 13.2. The number of rotatable bonds is 16. The van der Waals surface area contributed by atoms with Crippen molar-refractivity contribution in [3.63, 3.8) is 0 Å². The summed E-state index contributed by atoms with van der Waals surface area (Å²) in [4.78, 5) is 27.4. The molecule has 0 saturated carbocycles. The van der Waals surface area contributed by atoms with Crippen molar-refractivity contribution in [1.29, 1.82) is 0 Å². The van der Waals surface area contributed by atoms with Crippen LogP contribution in [0.25, 0.3) is 0 Å². The number of carbonyl (C=O) groups excluding carboxylic acids is 1. The number of carbonyl (C=O) groups is 2. The van der Waals surface area contributed by atoms with Gasteiger partial charge in [0.15, 0.2) is 0 Å². The Bertz CT molecular complexity index is 684. The van der Waals surface area contributed by atoms with Crippen LogP contribution < -0.4 is 0 Å². The lowest BCUT2D eigenvalue weighted by atomic mass is 10.00. The lowest BCUT2D eigenvalue weighted by molar-refractivity contribution is -0.144. The molecule has 30 heavy (non-hydrogen) atoms. The first-order valence-corrected chi connectivity index (χ1v) is 11.2. The number of benzene rings is 1. The summed E-state index contributed by atoms with van der Waals surface area (Å²) in [7, 11) is 0. The highest BCUT2D eigenvalue weighted by atomic mass is 16.7. The molecule has 0 atom stereocenters. The lowest BCUT2D eigenvalue weighted by Crippen LogP contribution is -2.07. The summed E-state index contributed by atoms with van der Waals surface area (Å²) in [5.74, 6) is -1.40. The number of oxime groups is 1. The normalized spacial score (nSPS) is 11.5.